The smallest absolute Gasteiger partial charge is 0.258 e. The van der Waals surface area contributed by atoms with Gasteiger partial charge in [-0.15, -0.1) is 0 Å². The van der Waals surface area contributed by atoms with Crippen LogP contribution in [0.1, 0.15) is 27.7 Å². The highest BCUT2D eigenvalue weighted by molar-refractivity contribution is 9.09. The third-order valence-corrected chi connectivity index (χ3v) is 3.64. The van der Waals surface area contributed by atoms with Crippen LogP contribution in [-0.4, -0.2) is 25.2 Å². The van der Waals surface area contributed by atoms with Crippen molar-refractivity contribution in [3.8, 4) is 0 Å². The minimum Gasteiger partial charge on any atom is -0.258 e. The third-order valence-electron chi connectivity index (χ3n) is 1.74. The predicted molar refractivity (Wildman–Crippen MR) is 84.8 cm³/mol. The molecule has 0 aliphatic rings. The van der Waals surface area contributed by atoms with Crippen LogP contribution in [0.4, 0.5) is 5.69 Å². The first-order valence-corrected chi connectivity index (χ1v) is 8.88. The van der Waals surface area contributed by atoms with Gasteiger partial charge in [-0.05, 0) is 6.07 Å². The summed E-state index contributed by atoms with van der Waals surface area (Å²) in [5.74, 6) is 0. The molecule has 0 heterocycles. The van der Waals surface area contributed by atoms with E-state index >= 15 is 0 Å². The lowest BCUT2D eigenvalue weighted by Gasteiger charge is -2.05. The highest BCUT2D eigenvalue weighted by atomic mass is 79.9. The fraction of sp³-hybridized carbons (Fsp3) is 0.500. The molecular formula is C12H21BrN2O4S. The molecule has 1 aromatic rings. The molecule has 0 aliphatic heterocycles. The first-order valence-electron chi connectivity index (χ1n) is 6.28. The standard InChI is InChI=1S/C8H9BrN2O4S.2C2H6/c9-5-6-10-16(14,15)8-4-2-1-3-7(8)11(12)13;2*1-2/h1-4,10H,5-6H2;2*1-2H3. The number of para-hydroxylation sites is 1. The maximum absolute atomic E-state index is 11.7. The molecule has 0 bridgehead atoms. The molecule has 20 heavy (non-hydrogen) atoms. The summed E-state index contributed by atoms with van der Waals surface area (Å²) in [6.45, 7) is 8.17. The van der Waals surface area contributed by atoms with Crippen LogP contribution in [0.2, 0.25) is 0 Å². The number of hydrogen-bond acceptors (Lipinski definition) is 4. The number of halogens is 1. The molecule has 6 nitrogen and oxygen atoms in total. The lowest BCUT2D eigenvalue weighted by atomic mass is 10.3. The molecule has 0 saturated heterocycles. The van der Waals surface area contributed by atoms with Gasteiger partial charge in [0, 0.05) is 17.9 Å². The molecule has 0 aromatic heterocycles. The van der Waals surface area contributed by atoms with Gasteiger partial charge >= 0.3 is 0 Å². The molecule has 0 spiro atoms. The van der Waals surface area contributed by atoms with Crippen LogP contribution in [0.5, 0.6) is 0 Å². The van der Waals surface area contributed by atoms with E-state index in [4.69, 9.17) is 0 Å². The third kappa shape index (κ3) is 6.97. The van der Waals surface area contributed by atoms with Crippen LogP contribution in [-0.2, 0) is 10.0 Å². The molecule has 0 aliphatic carbocycles. The number of nitro groups is 1. The molecule has 0 fully saturated rings. The molecule has 0 unspecified atom stereocenters. The fourth-order valence-electron chi connectivity index (χ4n) is 1.09. The van der Waals surface area contributed by atoms with Crippen LogP contribution < -0.4 is 4.72 Å². The van der Waals surface area contributed by atoms with Crippen molar-refractivity contribution >= 4 is 31.6 Å². The molecular weight excluding hydrogens is 348 g/mol. The minimum absolute atomic E-state index is 0.175. The van der Waals surface area contributed by atoms with Gasteiger partial charge in [-0.25, -0.2) is 13.1 Å². The second-order valence-corrected chi connectivity index (χ2v) is 5.34. The topological polar surface area (TPSA) is 89.3 Å². The van der Waals surface area contributed by atoms with E-state index in [-0.39, 0.29) is 11.4 Å². The number of nitrogens with zero attached hydrogens (tertiary/aromatic N) is 1. The first-order chi connectivity index (χ1) is 9.49. The molecule has 0 saturated carbocycles. The van der Waals surface area contributed by atoms with Crippen molar-refractivity contribution in [2.45, 2.75) is 32.6 Å². The minimum atomic E-state index is -3.82. The highest BCUT2D eigenvalue weighted by Crippen LogP contribution is 2.22. The summed E-state index contributed by atoms with van der Waals surface area (Å²) in [4.78, 5) is 9.61. The number of sulfonamides is 1. The molecule has 116 valence electrons. The first kappa shape index (κ1) is 21.3. The average Bonchev–Trinajstić information content (AvgIpc) is 2.49. The summed E-state index contributed by atoms with van der Waals surface area (Å²) >= 11 is 3.06. The Morgan fingerprint density at radius 3 is 2.15 bits per heavy atom. The number of nitrogens with one attached hydrogen (secondary N) is 1. The SMILES string of the molecule is CC.CC.O=[N+]([O-])c1ccccc1S(=O)(=O)NCCBr. The van der Waals surface area contributed by atoms with Crippen molar-refractivity contribution in [2.24, 2.45) is 0 Å². The Morgan fingerprint density at radius 1 is 1.20 bits per heavy atom. The molecule has 0 radical (unpaired) electrons. The summed E-state index contributed by atoms with van der Waals surface area (Å²) in [6.07, 6.45) is 0. The van der Waals surface area contributed by atoms with Gasteiger partial charge in [0.2, 0.25) is 10.0 Å². The maximum atomic E-state index is 11.7. The number of hydrogen-bond donors (Lipinski definition) is 1. The van der Waals surface area contributed by atoms with Crippen molar-refractivity contribution in [1.82, 2.24) is 4.72 Å². The molecule has 1 aromatic carbocycles. The zero-order valence-electron chi connectivity index (χ0n) is 12.1. The Balaban J connectivity index is 0. The van der Waals surface area contributed by atoms with Crippen molar-refractivity contribution in [1.29, 1.82) is 0 Å². The van der Waals surface area contributed by atoms with Crippen molar-refractivity contribution < 1.29 is 13.3 Å². The summed E-state index contributed by atoms with van der Waals surface area (Å²) in [7, 11) is -3.82. The van der Waals surface area contributed by atoms with E-state index < -0.39 is 20.6 Å². The highest BCUT2D eigenvalue weighted by Gasteiger charge is 2.24. The second kappa shape index (κ2) is 11.8. The van der Waals surface area contributed by atoms with Crippen molar-refractivity contribution in [3.63, 3.8) is 0 Å². The molecule has 0 amide bonds. The van der Waals surface area contributed by atoms with Gasteiger partial charge in [0.15, 0.2) is 4.90 Å². The Labute approximate surface area is 128 Å². The van der Waals surface area contributed by atoms with Gasteiger partial charge in [-0.3, -0.25) is 10.1 Å². The maximum Gasteiger partial charge on any atom is 0.289 e. The predicted octanol–water partition coefficient (Wildman–Crippen LogP) is 3.32. The molecule has 1 N–H and O–H groups in total. The van der Waals surface area contributed by atoms with Gasteiger partial charge in [0.25, 0.3) is 5.69 Å². The van der Waals surface area contributed by atoms with Gasteiger partial charge in [-0.2, -0.15) is 0 Å². The summed E-state index contributed by atoms with van der Waals surface area (Å²) in [6, 6.07) is 5.22. The lowest BCUT2D eigenvalue weighted by Crippen LogP contribution is -2.26. The van der Waals surface area contributed by atoms with E-state index in [1.165, 1.54) is 18.2 Å². The second-order valence-electron chi connectivity index (χ2n) is 2.81. The average molecular weight is 369 g/mol. The lowest BCUT2D eigenvalue weighted by molar-refractivity contribution is -0.387. The van der Waals surface area contributed by atoms with Crippen LogP contribution in [0.15, 0.2) is 29.2 Å². The number of rotatable bonds is 5. The zero-order chi connectivity index (χ0) is 16.2. The molecule has 8 heteroatoms. The van der Waals surface area contributed by atoms with Gasteiger partial charge in [-0.1, -0.05) is 55.8 Å². The van der Waals surface area contributed by atoms with Crippen LogP contribution in [0, 0.1) is 10.1 Å². The van der Waals surface area contributed by atoms with E-state index in [9.17, 15) is 18.5 Å². The van der Waals surface area contributed by atoms with Crippen LogP contribution >= 0.6 is 15.9 Å². The van der Waals surface area contributed by atoms with Gasteiger partial charge < -0.3 is 0 Å². The summed E-state index contributed by atoms with van der Waals surface area (Å²) in [5.41, 5.74) is -0.426. The van der Waals surface area contributed by atoms with Gasteiger partial charge in [0.1, 0.15) is 0 Å². The summed E-state index contributed by atoms with van der Waals surface area (Å²) < 4.78 is 25.6. The van der Waals surface area contributed by atoms with E-state index in [1.807, 2.05) is 27.7 Å². The van der Waals surface area contributed by atoms with Crippen LogP contribution in [0.25, 0.3) is 0 Å². The van der Waals surface area contributed by atoms with Gasteiger partial charge in [0.05, 0.1) is 4.92 Å². The number of alkyl halides is 1. The Kier molecular flexibility index (Phi) is 12.6. The Hall–Kier alpha value is -0.990. The monoisotopic (exact) mass is 368 g/mol. The summed E-state index contributed by atoms with van der Waals surface area (Å²) in [5, 5.41) is 11.1. The molecule has 1 rings (SSSR count). The van der Waals surface area contributed by atoms with Crippen molar-refractivity contribution in [3.05, 3.63) is 34.4 Å². The largest absolute Gasteiger partial charge is 0.289 e. The van der Waals surface area contributed by atoms with E-state index in [0.29, 0.717) is 5.33 Å². The fourth-order valence-corrected chi connectivity index (χ4v) is 2.75. The Morgan fingerprint density at radius 2 is 1.70 bits per heavy atom. The normalized spacial score (nSPS) is 9.65. The van der Waals surface area contributed by atoms with E-state index in [0.717, 1.165) is 6.07 Å². The molecule has 0 atom stereocenters. The quantitative estimate of drug-likeness (QED) is 0.490. The van der Waals surface area contributed by atoms with Crippen LogP contribution in [0.3, 0.4) is 0 Å². The van der Waals surface area contributed by atoms with E-state index in [1.54, 1.807) is 0 Å². The Bertz CT molecular complexity index is 492. The van der Waals surface area contributed by atoms with E-state index in [2.05, 4.69) is 20.7 Å². The number of nitro benzene ring substituents is 1. The number of benzene rings is 1. The zero-order valence-corrected chi connectivity index (χ0v) is 14.5. The van der Waals surface area contributed by atoms with Crippen molar-refractivity contribution in [2.75, 3.05) is 11.9 Å².